The van der Waals surface area contributed by atoms with E-state index in [2.05, 4.69) is 4.98 Å². The number of morpholine rings is 1. The molecule has 0 saturated carbocycles. The number of thiazole rings is 1. The van der Waals surface area contributed by atoms with Crippen molar-refractivity contribution >= 4 is 45.2 Å². The van der Waals surface area contributed by atoms with E-state index in [4.69, 9.17) is 4.74 Å². The van der Waals surface area contributed by atoms with Gasteiger partial charge in [-0.25, -0.2) is 9.78 Å². The van der Waals surface area contributed by atoms with Crippen LogP contribution in [0.1, 0.15) is 6.42 Å². The molecule has 5 nitrogen and oxygen atoms in total. The highest BCUT2D eigenvalue weighted by molar-refractivity contribution is 8.01. The minimum atomic E-state index is -0.363. The number of amides is 1. The lowest BCUT2D eigenvalue weighted by molar-refractivity contribution is -0.156. The number of esters is 1. The fraction of sp³-hybridized carbons (Fsp3) is 0.357. The highest BCUT2D eigenvalue weighted by Gasteiger charge is 2.48. The van der Waals surface area contributed by atoms with Crippen molar-refractivity contribution in [3.8, 4) is 0 Å². The van der Waals surface area contributed by atoms with Crippen LogP contribution in [0.25, 0.3) is 10.2 Å². The number of ether oxygens (including phenoxy) is 1. The number of fused-ring (bicyclic) bond motifs is 3. The van der Waals surface area contributed by atoms with Gasteiger partial charge in [-0.2, -0.15) is 0 Å². The summed E-state index contributed by atoms with van der Waals surface area (Å²) in [6, 6.07) is 7.56. The van der Waals surface area contributed by atoms with Crippen LogP contribution in [-0.2, 0) is 14.3 Å². The molecule has 7 heteroatoms. The van der Waals surface area contributed by atoms with Crippen molar-refractivity contribution in [2.24, 2.45) is 0 Å². The Labute approximate surface area is 129 Å². The molecular weight excluding hydrogens is 308 g/mol. The molecule has 1 amide bonds. The predicted octanol–water partition coefficient (Wildman–Crippen LogP) is 1.91. The van der Waals surface area contributed by atoms with Gasteiger partial charge in [-0.1, -0.05) is 23.9 Å². The molecule has 3 heterocycles. The fourth-order valence-corrected chi connectivity index (χ4v) is 4.70. The summed E-state index contributed by atoms with van der Waals surface area (Å²) in [5, 5.41) is 0. The summed E-state index contributed by atoms with van der Waals surface area (Å²) in [5.41, 5.74) is 0.959. The van der Waals surface area contributed by atoms with Crippen LogP contribution in [-0.4, -0.2) is 46.2 Å². The zero-order chi connectivity index (χ0) is 14.4. The lowest BCUT2D eigenvalue weighted by Gasteiger charge is -2.25. The standard InChI is InChI=1S/C14H12N2O3S2/c17-12(16-6-8-5-10(16)13(18)19-8)7-20-14-15-9-3-1-2-4-11(9)21-14/h1-4,8,10H,5-7H2/t8-,10-/m1/s1. The quantitative estimate of drug-likeness (QED) is 0.639. The number of aromatic nitrogens is 1. The molecule has 0 N–H and O–H groups in total. The molecule has 0 unspecified atom stereocenters. The van der Waals surface area contributed by atoms with E-state index >= 15 is 0 Å². The molecule has 21 heavy (non-hydrogen) atoms. The van der Waals surface area contributed by atoms with E-state index < -0.39 is 0 Å². The van der Waals surface area contributed by atoms with E-state index in [0.29, 0.717) is 18.7 Å². The first-order valence-corrected chi connectivity index (χ1v) is 8.49. The third kappa shape index (κ3) is 2.30. The van der Waals surface area contributed by atoms with Gasteiger partial charge in [0.1, 0.15) is 12.1 Å². The highest BCUT2D eigenvalue weighted by Crippen LogP contribution is 2.32. The average molecular weight is 320 g/mol. The van der Waals surface area contributed by atoms with E-state index in [9.17, 15) is 9.59 Å². The van der Waals surface area contributed by atoms with Gasteiger partial charge in [0.15, 0.2) is 4.34 Å². The van der Waals surface area contributed by atoms with Gasteiger partial charge in [-0.05, 0) is 12.1 Å². The van der Waals surface area contributed by atoms with Gasteiger partial charge in [-0.3, -0.25) is 4.79 Å². The van der Waals surface area contributed by atoms with Crippen LogP contribution in [0.2, 0.25) is 0 Å². The first-order valence-electron chi connectivity index (χ1n) is 6.69. The fourth-order valence-electron chi connectivity index (χ4n) is 2.74. The van der Waals surface area contributed by atoms with E-state index in [-0.39, 0.29) is 24.0 Å². The number of likely N-dealkylation sites (tertiary alicyclic amines) is 1. The summed E-state index contributed by atoms with van der Waals surface area (Å²) in [7, 11) is 0. The largest absolute Gasteiger partial charge is 0.459 e. The summed E-state index contributed by atoms with van der Waals surface area (Å²) in [5.74, 6) is 0.0454. The topological polar surface area (TPSA) is 59.5 Å². The Bertz CT molecular complexity index is 697. The van der Waals surface area contributed by atoms with E-state index in [1.165, 1.54) is 11.8 Å². The summed E-state index contributed by atoms with van der Waals surface area (Å²) in [6.45, 7) is 0.537. The Kier molecular flexibility index (Phi) is 3.11. The van der Waals surface area contributed by atoms with Gasteiger partial charge < -0.3 is 9.64 Å². The number of benzene rings is 1. The molecule has 2 saturated heterocycles. The Morgan fingerprint density at radius 1 is 1.48 bits per heavy atom. The van der Waals surface area contributed by atoms with Crippen LogP contribution in [0.15, 0.2) is 28.6 Å². The maximum atomic E-state index is 12.2. The maximum Gasteiger partial charge on any atom is 0.329 e. The third-order valence-corrected chi connectivity index (χ3v) is 5.90. The summed E-state index contributed by atoms with van der Waals surface area (Å²) < 4.78 is 7.10. The zero-order valence-electron chi connectivity index (χ0n) is 11.0. The van der Waals surface area contributed by atoms with Crippen LogP contribution in [0, 0.1) is 0 Å². The summed E-state index contributed by atoms with van der Waals surface area (Å²) >= 11 is 3.02. The van der Waals surface area contributed by atoms with E-state index in [1.54, 1.807) is 16.2 Å². The van der Waals surface area contributed by atoms with Crippen LogP contribution < -0.4 is 0 Å². The van der Waals surface area contributed by atoms with Gasteiger partial charge in [-0.15, -0.1) is 11.3 Å². The minimum Gasteiger partial charge on any atom is -0.459 e. The maximum absolute atomic E-state index is 12.2. The lowest BCUT2D eigenvalue weighted by atomic mass is 10.2. The highest BCUT2D eigenvalue weighted by atomic mass is 32.2. The Hall–Kier alpha value is -1.60. The first kappa shape index (κ1) is 13.1. The van der Waals surface area contributed by atoms with Crippen LogP contribution >= 0.6 is 23.1 Å². The molecule has 2 aromatic rings. The van der Waals surface area contributed by atoms with Gasteiger partial charge in [0, 0.05) is 6.42 Å². The van der Waals surface area contributed by atoms with Crippen molar-refractivity contribution in [1.82, 2.24) is 9.88 Å². The third-order valence-electron chi connectivity index (χ3n) is 3.73. The van der Waals surface area contributed by atoms with Crippen molar-refractivity contribution in [1.29, 1.82) is 0 Å². The minimum absolute atomic E-state index is 0.0107. The van der Waals surface area contributed by atoms with Crippen molar-refractivity contribution < 1.29 is 14.3 Å². The van der Waals surface area contributed by atoms with Crippen LogP contribution in [0.5, 0.6) is 0 Å². The second kappa shape index (κ2) is 4.99. The molecule has 2 aliphatic rings. The van der Waals surface area contributed by atoms with Crippen molar-refractivity contribution in [2.45, 2.75) is 22.9 Å². The SMILES string of the molecule is O=C1O[C@@H]2C[C@H]1N(C(=O)CSc1nc3ccccc3s1)C2. The number of nitrogens with zero attached hydrogens (tertiary/aromatic N) is 2. The number of carbonyl (C=O) groups is 2. The Morgan fingerprint density at radius 3 is 3.10 bits per heavy atom. The lowest BCUT2D eigenvalue weighted by Crippen LogP contribution is -2.45. The number of hydrogen-bond acceptors (Lipinski definition) is 6. The number of hydrogen-bond donors (Lipinski definition) is 0. The smallest absolute Gasteiger partial charge is 0.329 e. The van der Waals surface area contributed by atoms with Gasteiger partial charge >= 0.3 is 5.97 Å². The Balaban J connectivity index is 1.42. The number of para-hydroxylation sites is 1. The molecule has 0 spiro atoms. The molecule has 0 aliphatic carbocycles. The van der Waals surface area contributed by atoms with E-state index in [1.807, 2.05) is 24.3 Å². The first-order chi connectivity index (χ1) is 10.2. The van der Waals surface area contributed by atoms with Crippen molar-refractivity contribution in [2.75, 3.05) is 12.3 Å². The predicted molar refractivity (Wildman–Crippen MR) is 80.3 cm³/mol. The van der Waals surface area contributed by atoms with Gasteiger partial charge in [0.25, 0.3) is 0 Å². The number of thioether (sulfide) groups is 1. The number of carbonyl (C=O) groups excluding carboxylic acids is 2. The second-order valence-corrected chi connectivity index (χ2v) is 7.35. The zero-order valence-corrected chi connectivity index (χ0v) is 12.7. The molecule has 2 fully saturated rings. The normalized spacial score (nSPS) is 23.8. The average Bonchev–Trinajstić information content (AvgIpc) is 3.16. The monoisotopic (exact) mass is 320 g/mol. The van der Waals surface area contributed by atoms with Gasteiger partial charge in [0.2, 0.25) is 5.91 Å². The molecule has 2 aliphatic heterocycles. The van der Waals surface area contributed by atoms with Gasteiger partial charge in [0.05, 0.1) is 22.5 Å². The molecule has 1 aromatic carbocycles. The summed E-state index contributed by atoms with van der Waals surface area (Å²) in [6.07, 6.45) is 0.551. The molecular formula is C14H12N2O3S2. The number of rotatable bonds is 3. The summed E-state index contributed by atoms with van der Waals surface area (Å²) in [4.78, 5) is 29.9. The molecule has 4 rings (SSSR count). The molecule has 2 atom stereocenters. The van der Waals surface area contributed by atoms with Crippen molar-refractivity contribution in [3.05, 3.63) is 24.3 Å². The van der Waals surface area contributed by atoms with E-state index in [0.717, 1.165) is 14.6 Å². The molecule has 1 aromatic heterocycles. The molecule has 0 radical (unpaired) electrons. The van der Waals surface area contributed by atoms with Crippen LogP contribution in [0.4, 0.5) is 0 Å². The van der Waals surface area contributed by atoms with Crippen LogP contribution in [0.3, 0.4) is 0 Å². The van der Waals surface area contributed by atoms with Crippen molar-refractivity contribution in [3.63, 3.8) is 0 Å². The second-order valence-electron chi connectivity index (χ2n) is 5.09. The molecule has 2 bridgehead atoms. The molecule has 108 valence electrons. The Morgan fingerprint density at radius 2 is 2.33 bits per heavy atom.